The number of rotatable bonds is 4. The van der Waals surface area contributed by atoms with E-state index in [0.29, 0.717) is 6.04 Å². The van der Waals surface area contributed by atoms with Crippen LogP contribution in [0.5, 0.6) is 0 Å². The van der Waals surface area contributed by atoms with E-state index in [0.717, 1.165) is 19.5 Å². The first-order valence-corrected chi connectivity index (χ1v) is 6.72. The Kier molecular flexibility index (Phi) is 3.78. The molecule has 1 aliphatic rings. The highest BCUT2D eigenvalue weighted by Crippen LogP contribution is 2.26. The molecule has 1 aromatic heterocycles. The first-order valence-electron chi connectivity index (χ1n) is 5.84. The molecular weight excluding hydrogens is 204 g/mol. The topological polar surface area (TPSA) is 29.3 Å². The molecule has 0 spiro atoms. The van der Waals surface area contributed by atoms with E-state index >= 15 is 0 Å². The van der Waals surface area contributed by atoms with Gasteiger partial charge in [0.1, 0.15) is 0 Å². The van der Waals surface area contributed by atoms with E-state index in [1.165, 1.54) is 19.4 Å². The molecule has 0 saturated heterocycles. The molecule has 3 heteroatoms. The lowest BCUT2D eigenvalue weighted by atomic mass is 10.0. The van der Waals surface area contributed by atoms with Crippen LogP contribution in [-0.4, -0.2) is 24.0 Å². The maximum Gasteiger partial charge on any atom is 0.0247 e. The number of hydrogen-bond acceptors (Lipinski definition) is 3. The molecule has 15 heavy (non-hydrogen) atoms. The van der Waals surface area contributed by atoms with Crippen LogP contribution in [0, 0.1) is 0 Å². The highest BCUT2D eigenvalue weighted by molar-refractivity contribution is 7.10. The predicted molar refractivity (Wildman–Crippen MR) is 66.2 cm³/mol. The third-order valence-corrected chi connectivity index (χ3v) is 4.35. The summed E-state index contributed by atoms with van der Waals surface area (Å²) in [5, 5.41) is 2.22. The van der Waals surface area contributed by atoms with Gasteiger partial charge < -0.3 is 5.73 Å². The molecule has 0 aromatic carbocycles. The number of fused-ring (bicyclic) bond motifs is 1. The minimum Gasteiger partial charge on any atom is -0.330 e. The van der Waals surface area contributed by atoms with Crippen molar-refractivity contribution in [3.63, 3.8) is 0 Å². The number of nitrogens with zero attached hydrogens (tertiary/aromatic N) is 1. The first kappa shape index (κ1) is 11.1. The Morgan fingerprint density at radius 3 is 3.20 bits per heavy atom. The second-order valence-electron chi connectivity index (χ2n) is 4.23. The molecule has 2 heterocycles. The summed E-state index contributed by atoms with van der Waals surface area (Å²) in [4.78, 5) is 4.19. The monoisotopic (exact) mass is 224 g/mol. The van der Waals surface area contributed by atoms with Crippen molar-refractivity contribution >= 4 is 11.3 Å². The molecule has 2 rings (SSSR count). The Morgan fingerprint density at radius 1 is 1.60 bits per heavy atom. The molecular formula is C12H20N2S. The van der Waals surface area contributed by atoms with Crippen LogP contribution in [0.1, 0.15) is 30.2 Å². The summed E-state index contributed by atoms with van der Waals surface area (Å²) in [6.45, 7) is 5.43. The Labute approximate surface area is 96.1 Å². The highest BCUT2D eigenvalue weighted by atomic mass is 32.1. The fraction of sp³-hybridized carbons (Fsp3) is 0.667. The molecule has 0 amide bonds. The summed E-state index contributed by atoms with van der Waals surface area (Å²) in [6, 6.07) is 2.96. The van der Waals surface area contributed by atoms with E-state index in [1.807, 2.05) is 11.3 Å². The lowest BCUT2D eigenvalue weighted by molar-refractivity contribution is 0.168. The second kappa shape index (κ2) is 5.10. The highest BCUT2D eigenvalue weighted by Gasteiger charge is 2.22. The first-order chi connectivity index (χ1) is 7.35. The molecule has 0 saturated carbocycles. The van der Waals surface area contributed by atoms with Crippen LogP contribution in [-0.2, 0) is 13.0 Å². The molecule has 1 aliphatic heterocycles. The van der Waals surface area contributed by atoms with Crippen molar-refractivity contribution in [1.82, 2.24) is 4.90 Å². The normalized spacial score (nSPS) is 18.8. The van der Waals surface area contributed by atoms with Crippen molar-refractivity contribution in [2.75, 3.05) is 13.1 Å². The molecule has 0 radical (unpaired) electrons. The van der Waals surface area contributed by atoms with E-state index in [9.17, 15) is 0 Å². The van der Waals surface area contributed by atoms with Gasteiger partial charge in [0, 0.05) is 24.0 Å². The molecule has 2 nitrogen and oxygen atoms in total. The van der Waals surface area contributed by atoms with Crippen LogP contribution in [0.4, 0.5) is 0 Å². The molecule has 84 valence electrons. The summed E-state index contributed by atoms with van der Waals surface area (Å²) >= 11 is 1.91. The van der Waals surface area contributed by atoms with Gasteiger partial charge in [0.2, 0.25) is 0 Å². The fourth-order valence-corrected chi connectivity index (χ4v) is 3.31. The molecule has 1 unspecified atom stereocenters. The minimum absolute atomic E-state index is 0.683. The quantitative estimate of drug-likeness (QED) is 0.850. The zero-order valence-corrected chi connectivity index (χ0v) is 10.2. The number of thiophene rings is 1. The molecule has 2 N–H and O–H groups in total. The van der Waals surface area contributed by atoms with Crippen molar-refractivity contribution in [3.05, 3.63) is 21.9 Å². The Balaban J connectivity index is 2.01. The Morgan fingerprint density at radius 2 is 2.47 bits per heavy atom. The Hall–Kier alpha value is -0.380. The third-order valence-electron chi connectivity index (χ3n) is 3.32. The van der Waals surface area contributed by atoms with Crippen molar-refractivity contribution in [1.29, 1.82) is 0 Å². The van der Waals surface area contributed by atoms with E-state index in [-0.39, 0.29) is 0 Å². The SMILES string of the molecule is CCC(CCN)N1CCc2sccc2C1. The maximum absolute atomic E-state index is 5.66. The second-order valence-corrected chi connectivity index (χ2v) is 5.23. The van der Waals surface area contributed by atoms with Gasteiger partial charge in [0.15, 0.2) is 0 Å². The average molecular weight is 224 g/mol. The minimum atomic E-state index is 0.683. The molecule has 0 aliphatic carbocycles. The van der Waals surface area contributed by atoms with Crippen LogP contribution in [0.25, 0.3) is 0 Å². The van der Waals surface area contributed by atoms with Gasteiger partial charge in [-0.25, -0.2) is 0 Å². The zero-order valence-electron chi connectivity index (χ0n) is 9.41. The largest absolute Gasteiger partial charge is 0.330 e. The van der Waals surface area contributed by atoms with Crippen LogP contribution >= 0.6 is 11.3 Å². The van der Waals surface area contributed by atoms with Crippen molar-refractivity contribution in [2.45, 2.75) is 38.8 Å². The summed E-state index contributed by atoms with van der Waals surface area (Å²) in [5.41, 5.74) is 7.20. The van der Waals surface area contributed by atoms with E-state index in [1.54, 1.807) is 10.4 Å². The van der Waals surface area contributed by atoms with Gasteiger partial charge in [0.05, 0.1) is 0 Å². The van der Waals surface area contributed by atoms with E-state index in [4.69, 9.17) is 5.73 Å². The van der Waals surface area contributed by atoms with Gasteiger partial charge in [-0.2, -0.15) is 0 Å². The van der Waals surface area contributed by atoms with Crippen molar-refractivity contribution in [2.24, 2.45) is 5.73 Å². The molecule has 0 bridgehead atoms. The van der Waals surface area contributed by atoms with Gasteiger partial charge in [-0.1, -0.05) is 6.92 Å². The van der Waals surface area contributed by atoms with Crippen LogP contribution < -0.4 is 5.73 Å². The smallest absolute Gasteiger partial charge is 0.0247 e. The summed E-state index contributed by atoms with van der Waals surface area (Å²) < 4.78 is 0. The molecule has 1 atom stereocenters. The predicted octanol–water partition coefficient (Wildman–Crippen LogP) is 2.23. The number of nitrogens with two attached hydrogens (primary N) is 1. The summed E-state index contributed by atoms with van der Waals surface area (Å²) in [5.74, 6) is 0. The maximum atomic E-state index is 5.66. The standard InChI is InChI=1S/C12H20N2S/c1-2-11(3-6-13)14-7-4-12-10(9-14)5-8-15-12/h5,8,11H,2-4,6-7,9,13H2,1H3. The summed E-state index contributed by atoms with van der Waals surface area (Å²) in [7, 11) is 0. The van der Waals surface area contributed by atoms with Crippen molar-refractivity contribution < 1.29 is 0 Å². The van der Waals surface area contributed by atoms with Gasteiger partial charge in [-0.15, -0.1) is 11.3 Å². The van der Waals surface area contributed by atoms with Crippen LogP contribution in [0.15, 0.2) is 11.4 Å². The third kappa shape index (κ3) is 2.41. The molecule has 0 fully saturated rings. The van der Waals surface area contributed by atoms with E-state index in [2.05, 4.69) is 23.3 Å². The summed E-state index contributed by atoms with van der Waals surface area (Å²) in [6.07, 6.45) is 3.58. The average Bonchev–Trinajstić information content (AvgIpc) is 2.72. The number of hydrogen-bond donors (Lipinski definition) is 1. The zero-order chi connectivity index (χ0) is 10.7. The molecule has 1 aromatic rings. The Bertz CT molecular complexity index is 308. The van der Waals surface area contributed by atoms with Crippen LogP contribution in [0.2, 0.25) is 0 Å². The van der Waals surface area contributed by atoms with Crippen molar-refractivity contribution in [3.8, 4) is 0 Å². The lowest BCUT2D eigenvalue weighted by Gasteiger charge is -2.33. The van der Waals surface area contributed by atoms with E-state index < -0.39 is 0 Å². The van der Waals surface area contributed by atoms with Crippen LogP contribution in [0.3, 0.4) is 0 Å². The van der Waals surface area contributed by atoms with Gasteiger partial charge in [-0.3, -0.25) is 4.90 Å². The lowest BCUT2D eigenvalue weighted by Crippen LogP contribution is -2.39. The van der Waals surface area contributed by atoms with Gasteiger partial charge in [-0.05, 0) is 42.8 Å². The fourth-order valence-electron chi connectivity index (χ4n) is 2.42. The van der Waals surface area contributed by atoms with Gasteiger partial charge >= 0.3 is 0 Å². The van der Waals surface area contributed by atoms with Gasteiger partial charge in [0.25, 0.3) is 0 Å².